The van der Waals surface area contributed by atoms with Crippen LogP contribution >= 0.6 is 0 Å². The van der Waals surface area contributed by atoms with E-state index >= 15 is 0 Å². The summed E-state index contributed by atoms with van der Waals surface area (Å²) >= 11 is 0. The van der Waals surface area contributed by atoms with E-state index in [1.54, 1.807) is 19.2 Å². The lowest BCUT2D eigenvalue weighted by Gasteiger charge is -2.19. The SMILES string of the molecule is CCNc1ccc(S(=O)(=O)N(C)CC(C)C)cn1. The van der Waals surface area contributed by atoms with E-state index in [0.717, 1.165) is 6.54 Å². The quantitative estimate of drug-likeness (QED) is 0.857. The molecular weight excluding hydrogens is 250 g/mol. The zero-order chi connectivity index (χ0) is 13.8. The first-order chi connectivity index (χ1) is 8.37. The molecule has 0 aliphatic rings. The lowest BCUT2D eigenvalue weighted by Crippen LogP contribution is -2.30. The summed E-state index contributed by atoms with van der Waals surface area (Å²) in [6, 6.07) is 3.26. The molecule has 0 aliphatic carbocycles. The monoisotopic (exact) mass is 271 g/mol. The molecule has 1 rings (SSSR count). The average Bonchev–Trinajstić information content (AvgIpc) is 2.29. The van der Waals surface area contributed by atoms with Gasteiger partial charge in [-0.3, -0.25) is 0 Å². The molecule has 6 heteroatoms. The zero-order valence-corrected chi connectivity index (χ0v) is 12.2. The summed E-state index contributed by atoms with van der Waals surface area (Å²) in [4.78, 5) is 4.31. The number of hydrogen-bond donors (Lipinski definition) is 1. The number of anilines is 1. The molecule has 18 heavy (non-hydrogen) atoms. The molecule has 0 spiro atoms. The van der Waals surface area contributed by atoms with Gasteiger partial charge < -0.3 is 5.32 Å². The zero-order valence-electron chi connectivity index (χ0n) is 11.3. The highest BCUT2D eigenvalue weighted by molar-refractivity contribution is 7.89. The van der Waals surface area contributed by atoms with Gasteiger partial charge in [0.05, 0.1) is 0 Å². The highest BCUT2D eigenvalue weighted by atomic mass is 32.2. The van der Waals surface area contributed by atoms with Gasteiger partial charge in [0, 0.05) is 26.3 Å². The van der Waals surface area contributed by atoms with Gasteiger partial charge in [-0.2, -0.15) is 0 Å². The number of nitrogens with one attached hydrogen (secondary N) is 1. The molecule has 0 atom stereocenters. The van der Waals surface area contributed by atoms with Crippen molar-refractivity contribution in [3.05, 3.63) is 18.3 Å². The molecule has 0 aliphatic heterocycles. The second-order valence-corrected chi connectivity index (χ2v) is 6.63. The largest absolute Gasteiger partial charge is 0.370 e. The van der Waals surface area contributed by atoms with Crippen LogP contribution in [0.5, 0.6) is 0 Å². The summed E-state index contributed by atoms with van der Waals surface area (Å²) in [5.74, 6) is 0.974. The molecule has 0 unspecified atom stereocenters. The van der Waals surface area contributed by atoms with Crippen LogP contribution in [-0.2, 0) is 10.0 Å². The van der Waals surface area contributed by atoms with Crippen molar-refractivity contribution in [2.24, 2.45) is 5.92 Å². The number of aromatic nitrogens is 1. The predicted molar refractivity (Wildman–Crippen MR) is 73.1 cm³/mol. The Balaban J connectivity index is 2.91. The molecule has 1 heterocycles. The van der Waals surface area contributed by atoms with E-state index in [2.05, 4.69) is 10.3 Å². The molecule has 0 fully saturated rings. The predicted octanol–water partition coefficient (Wildman–Crippen LogP) is 1.79. The van der Waals surface area contributed by atoms with Crippen LogP contribution in [0, 0.1) is 5.92 Å². The van der Waals surface area contributed by atoms with Crippen molar-refractivity contribution >= 4 is 15.8 Å². The number of nitrogens with zero attached hydrogens (tertiary/aromatic N) is 2. The first kappa shape index (κ1) is 14.9. The van der Waals surface area contributed by atoms with Crippen molar-refractivity contribution in [1.82, 2.24) is 9.29 Å². The fraction of sp³-hybridized carbons (Fsp3) is 0.583. The Kier molecular flexibility index (Phi) is 5.10. The van der Waals surface area contributed by atoms with Crippen molar-refractivity contribution in [3.63, 3.8) is 0 Å². The van der Waals surface area contributed by atoms with Crippen molar-refractivity contribution in [2.45, 2.75) is 25.7 Å². The Bertz CT molecular complexity index is 469. The summed E-state index contributed by atoms with van der Waals surface area (Å²) < 4.78 is 25.8. The molecular formula is C12H21N3O2S. The molecule has 102 valence electrons. The summed E-state index contributed by atoms with van der Waals surface area (Å²) in [6.07, 6.45) is 1.39. The molecule has 1 aromatic heterocycles. The van der Waals surface area contributed by atoms with Crippen LogP contribution < -0.4 is 5.32 Å². The van der Waals surface area contributed by atoms with E-state index in [1.807, 2.05) is 20.8 Å². The second kappa shape index (κ2) is 6.15. The van der Waals surface area contributed by atoms with E-state index in [-0.39, 0.29) is 4.90 Å². The summed E-state index contributed by atoms with van der Waals surface area (Å²) in [5.41, 5.74) is 0. The standard InChI is InChI=1S/C12H21N3O2S/c1-5-13-12-7-6-11(8-14-12)18(16,17)15(4)9-10(2)3/h6-8,10H,5,9H2,1-4H3,(H,13,14). The van der Waals surface area contributed by atoms with Gasteiger partial charge in [-0.1, -0.05) is 13.8 Å². The van der Waals surface area contributed by atoms with Gasteiger partial charge in [-0.25, -0.2) is 17.7 Å². The fourth-order valence-electron chi connectivity index (χ4n) is 1.61. The van der Waals surface area contributed by atoms with Gasteiger partial charge in [0.1, 0.15) is 10.7 Å². The van der Waals surface area contributed by atoms with Crippen molar-refractivity contribution < 1.29 is 8.42 Å². The third kappa shape index (κ3) is 3.68. The van der Waals surface area contributed by atoms with Gasteiger partial charge in [-0.15, -0.1) is 0 Å². The van der Waals surface area contributed by atoms with Crippen LogP contribution in [0.1, 0.15) is 20.8 Å². The average molecular weight is 271 g/mol. The van der Waals surface area contributed by atoms with Crippen molar-refractivity contribution in [1.29, 1.82) is 0 Å². The Morgan fingerprint density at radius 3 is 2.50 bits per heavy atom. The highest BCUT2D eigenvalue weighted by Gasteiger charge is 2.21. The molecule has 1 aromatic rings. The van der Waals surface area contributed by atoms with Gasteiger partial charge in [0.2, 0.25) is 10.0 Å². The molecule has 0 saturated carbocycles. The van der Waals surface area contributed by atoms with E-state index < -0.39 is 10.0 Å². The fourth-order valence-corrected chi connectivity index (χ4v) is 2.89. The smallest absolute Gasteiger partial charge is 0.244 e. The van der Waals surface area contributed by atoms with Gasteiger partial charge in [-0.05, 0) is 25.0 Å². The lowest BCUT2D eigenvalue weighted by molar-refractivity contribution is 0.417. The number of sulfonamides is 1. The third-order valence-electron chi connectivity index (χ3n) is 2.42. The van der Waals surface area contributed by atoms with Crippen LogP contribution in [0.3, 0.4) is 0 Å². The summed E-state index contributed by atoms with van der Waals surface area (Å²) in [7, 11) is -1.83. The second-order valence-electron chi connectivity index (χ2n) is 4.59. The lowest BCUT2D eigenvalue weighted by atomic mass is 10.2. The summed E-state index contributed by atoms with van der Waals surface area (Å²) in [5, 5.41) is 3.03. The van der Waals surface area contributed by atoms with Crippen LogP contribution in [0.2, 0.25) is 0 Å². The minimum atomic E-state index is -3.42. The molecule has 0 radical (unpaired) electrons. The van der Waals surface area contributed by atoms with Crippen LogP contribution in [0.25, 0.3) is 0 Å². The minimum Gasteiger partial charge on any atom is -0.370 e. The first-order valence-electron chi connectivity index (χ1n) is 6.04. The Hall–Kier alpha value is -1.14. The van der Waals surface area contributed by atoms with Gasteiger partial charge >= 0.3 is 0 Å². The number of hydrogen-bond acceptors (Lipinski definition) is 4. The molecule has 0 bridgehead atoms. The van der Waals surface area contributed by atoms with Crippen molar-refractivity contribution in [3.8, 4) is 0 Å². The van der Waals surface area contributed by atoms with Crippen LogP contribution in [0.4, 0.5) is 5.82 Å². The van der Waals surface area contributed by atoms with Crippen molar-refractivity contribution in [2.75, 3.05) is 25.5 Å². The minimum absolute atomic E-state index is 0.229. The normalized spacial score (nSPS) is 12.1. The van der Waals surface area contributed by atoms with E-state index in [9.17, 15) is 8.42 Å². The molecule has 1 N–H and O–H groups in total. The summed E-state index contributed by atoms with van der Waals surface area (Å²) in [6.45, 7) is 7.18. The van der Waals surface area contributed by atoms with Crippen LogP contribution in [-0.4, -0.2) is 37.8 Å². The maximum atomic E-state index is 12.2. The molecule has 0 saturated heterocycles. The van der Waals surface area contributed by atoms with Gasteiger partial charge in [0.15, 0.2) is 0 Å². The topological polar surface area (TPSA) is 62.3 Å². The maximum absolute atomic E-state index is 12.2. The number of pyridine rings is 1. The van der Waals surface area contributed by atoms with E-state index in [1.165, 1.54) is 10.5 Å². The highest BCUT2D eigenvalue weighted by Crippen LogP contribution is 2.16. The Morgan fingerprint density at radius 2 is 2.06 bits per heavy atom. The Morgan fingerprint density at radius 1 is 1.39 bits per heavy atom. The first-order valence-corrected chi connectivity index (χ1v) is 7.48. The molecule has 5 nitrogen and oxygen atoms in total. The van der Waals surface area contributed by atoms with E-state index in [0.29, 0.717) is 18.3 Å². The molecule has 0 amide bonds. The number of rotatable bonds is 6. The van der Waals surface area contributed by atoms with Crippen LogP contribution in [0.15, 0.2) is 23.2 Å². The Labute approximate surface area is 109 Å². The van der Waals surface area contributed by atoms with E-state index in [4.69, 9.17) is 0 Å². The third-order valence-corrected chi connectivity index (χ3v) is 4.23. The maximum Gasteiger partial charge on any atom is 0.244 e. The molecule has 0 aromatic carbocycles. The van der Waals surface area contributed by atoms with Gasteiger partial charge in [0.25, 0.3) is 0 Å².